The highest BCUT2D eigenvalue weighted by atomic mass is 16.5. The number of hydrogen-bond acceptors (Lipinski definition) is 5. The number of aromatic nitrogens is 2. The highest BCUT2D eigenvalue weighted by molar-refractivity contribution is 5.05. The van der Waals surface area contributed by atoms with E-state index in [1.54, 1.807) is 14.2 Å². The molecule has 0 radical (unpaired) electrons. The van der Waals surface area contributed by atoms with Crippen LogP contribution in [0, 0.1) is 0 Å². The van der Waals surface area contributed by atoms with E-state index in [4.69, 9.17) is 9.47 Å². The summed E-state index contributed by atoms with van der Waals surface area (Å²) in [6.07, 6.45) is 5.03. The lowest BCUT2D eigenvalue weighted by atomic mass is 10.2. The van der Waals surface area contributed by atoms with Gasteiger partial charge in [0.1, 0.15) is 0 Å². The number of aliphatic hydroxyl groups is 1. The molecule has 0 bridgehead atoms. The van der Waals surface area contributed by atoms with Crippen molar-refractivity contribution >= 4 is 0 Å². The minimum atomic E-state index is 0.178. The molecule has 1 fully saturated rings. The smallest absolute Gasteiger partial charge is 0.0714 e. The summed E-state index contributed by atoms with van der Waals surface area (Å²) in [7, 11) is 3.41. The predicted molar refractivity (Wildman–Crippen MR) is 70.8 cm³/mol. The fraction of sp³-hybridized carbons (Fsp3) is 0.769. The summed E-state index contributed by atoms with van der Waals surface area (Å²) in [5.74, 6) is 0. The van der Waals surface area contributed by atoms with Gasteiger partial charge in [-0.2, -0.15) is 5.10 Å². The molecule has 0 aromatic carbocycles. The first kappa shape index (κ1) is 14.5. The third-order valence-electron chi connectivity index (χ3n) is 3.63. The van der Waals surface area contributed by atoms with Crippen LogP contribution < -0.4 is 0 Å². The van der Waals surface area contributed by atoms with E-state index in [2.05, 4.69) is 10.00 Å². The molecule has 1 N–H and O–H groups in total. The number of ether oxygens (including phenoxy) is 2. The molecule has 1 aliphatic heterocycles. The SMILES string of the molecule is COCCn1cc(CN2C[C@@H](OC)C[C@H]2CO)cn1. The van der Waals surface area contributed by atoms with Gasteiger partial charge in [-0.3, -0.25) is 9.58 Å². The highest BCUT2D eigenvalue weighted by Gasteiger charge is 2.31. The Labute approximate surface area is 113 Å². The summed E-state index contributed by atoms with van der Waals surface area (Å²) in [6.45, 7) is 3.27. The van der Waals surface area contributed by atoms with Crippen LogP contribution in [0.3, 0.4) is 0 Å². The van der Waals surface area contributed by atoms with E-state index in [1.165, 1.54) is 0 Å². The van der Waals surface area contributed by atoms with E-state index in [0.717, 1.165) is 31.6 Å². The van der Waals surface area contributed by atoms with Crippen molar-refractivity contribution in [2.45, 2.75) is 31.7 Å². The van der Waals surface area contributed by atoms with Gasteiger partial charge >= 0.3 is 0 Å². The Hall–Kier alpha value is -0.950. The number of aliphatic hydroxyl groups excluding tert-OH is 1. The quantitative estimate of drug-likeness (QED) is 0.761. The number of nitrogens with zero attached hydrogens (tertiary/aromatic N) is 3. The van der Waals surface area contributed by atoms with Crippen LogP contribution in [0.4, 0.5) is 0 Å². The fourth-order valence-corrected chi connectivity index (χ4v) is 2.52. The van der Waals surface area contributed by atoms with Crippen LogP contribution in [0.15, 0.2) is 12.4 Å². The Bertz CT molecular complexity index is 383. The van der Waals surface area contributed by atoms with E-state index in [-0.39, 0.29) is 18.8 Å². The Morgan fingerprint density at radius 1 is 1.47 bits per heavy atom. The average Bonchev–Trinajstić information content (AvgIpc) is 3.03. The van der Waals surface area contributed by atoms with Gasteiger partial charge < -0.3 is 14.6 Å². The van der Waals surface area contributed by atoms with Gasteiger partial charge in [-0.15, -0.1) is 0 Å². The second kappa shape index (κ2) is 7.00. The zero-order chi connectivity index (χ0) is 13.7. The summed E-state index contributed by atoms with van der Waals surface area (Å²) < 4.78 is 12.3. The molecule has 2 rings (SSSR count). The standard InChI is InChI=1S/C13H23N3O3/c1-18-4-3-16-8-11(6-14-16)7-15-9-13(19-2)5-12(15)10-17/h6,8,12-13,17H,3-5,7,9-10H2,1-2H3/t12-,13-/m0/s1. The van der Waals surface area contributed by atoms with Gasteiger partial charge in [-0.1, -0.05) is 0 Å². The minimum absolute atomic E-state index is 0.178. The molecule has 1 aromatic rings. The zero-order valence-corrected chi connectivity index (χ0v) is 11.7. The number of methoxy groups -OCH3 is 2. The second-order valence-corrected chi connectivity index (χ2v) is 4.96. The largest absolute Gasteiger partial charge is 0.395 e. The number of hydrogen-bond donors (Lipinski definition) is 1. The van der Waals surface area contributed by atoms with Crippen molar-refractivity contribution in [1.29, 1.82) is 0 Å². The second-order valence-electron chi connectivity index (χ2n) is 4.96. The van der Waals surface area contributed by atoms with Crippen molar-refractivity contribution in [2.75, 3.05) is 34.0 Å². The van der Waals surface area contributed by atoms with Crippen molar-refractivity contribution in [3.05, 3.63) is 18.0 Å². The molecule has 108 valence electrons. The van der Waals surface area contributed by atoms with Gasteiger partial charge in [0.15, 0.2) is 0 Å². The molecule has 1 aliphatic rings. The van der Waals surface area contributed by atoms with Crippen molar-refractivity contribution in [2.24, 2.45) is 0 Å². The van der Waals surface area contributed by atoms with Crippen molar-refractivity contribution < 1.29 is 14.6 Å². The van der Waals surface area contributed by atoms with Gasteiger partial charge in [-0.25, -0.2) is 0 Å². The van der Waals surface area contributed by atoms with Crippen LogP contribution >= 0.6 is 0 Å². The van der Waals surface area contributed by atoms with Crippen LogP contribution in [0.1, 0.15) is 12.0 Å². The number of rotatable bonds is 7. The predicted octanol–water partition coefficient (Wildman–Crippen LogP) is 0.111. The first-order valence-electron chi connectivity index (χ1n) is 6.64. The summed E-state index contributed by atoms with van der Waals surface area (Å²) in [5.41, 5.74) is 1.16. The van der Waals surface area contributed by atoms with Crippen molar-refractivity contribution in [3.63, 3.8) is 0 Å². The lowest BCUT2D eigenvalue weighted by molar-refractivity contribution is 0.107. The van der Waals surface area contributed by atoms with Gasteiger partial charge in [-0.05, 0) is 6.42 Å². The van der Waals surface area contributed by atoms with Crippen molar-refractivity contribution in [3.8, 4) is 0 Å². The maximum absolute atomic E-state index is 9.41. The van der Waals surface area contributed by atoms with Crippen LogP contribution in [0.2, 0.25) is 0 Å². The molecule has 0 aliphatic carbocycles. The van der Waals surface area contributed by atoms with Crippen molar-refractivity contribution in [1.82, 2.24) is 14.7 Å². The molecule has 2 heterocycles. The fourth-order valence-electron chi connectivity index (χ4n) is 2.52. The van der Waals surface area contributed by atoms with E-state index in [1.807, 2.05) is 17.1 Å². The Kier molecular flexibility index (Phi) is 5.33. The van der Waals surface area contributed by atoms with Gasteiger partial charge in [0.2, 0.25) is 0 Å². The molecule has 0 unspecified atom stereocenters. The summed E-state index contributed by atoms with van der Waals surface area (Å²) in [6, 6.07) is 0.187. The lowest BCUT2D eigenvalue weighted by Crippen LogP contribution is -2.31. The highest BCUT2D eigenvalue weighted by Crippen LogP contribution is 2.21. The van der Waals surface area contributed by atoms with E-state index >= 15 is 0 Å². The first-order chi connectivity index (χ1) is 9.26. The Balaban J connectivity index is 1.90. The molecule has 6 heteroatoms. The third kappa shape index (κ3) is 3.76. The Morgan fingerprint density at radius 3 is 3.00 bits per heavy atom. The molecule has 2 atom stereocenters. The third-order valence-corrected chi connectivity index (χ3v) is 3.63. The van der Waals surface area contributed by atoms with E-state index < -0.39 is 0 Å². The van der Waals surface area contributed by atoms with E-state index in [0.29, 0.717) is 6.61 Å². The van der Waals surface area contributed by atoms with Crippen LogP contribution in [-0.2, 0) is 22.6 Å². The molecule has 0 saturated carbocycles. The zero-order valence-electron chi connectivity index (χ0n) is 11.7. The molecule has 1 aromatic heterocycles. The summed E-state index contributed by atoms with van der Waals surface area (Å²) in [5, 5.41) is 13.7. The molecule has 19 heavy (non-hydrogen) atoms. The van der Waals surface area contributed by atoms with Crippen LogP contribution in [-0.4, -0.2) is 65.9 Å². The van der Waals surface area contributed by atoms with E-state index in [9.17, 15) is 5.11 Å². The van der Waals surface area contributed by atoms with Gasteiger partial charge in [0.25, 0.3) is 0 Å². The molecule has 0 spiro atoms. The molecule has 6 nitrogen and oxygen atoms in total. The van der Waals surface area contributed by atoms with Crippen LogP contribution in [0.25, 0.3) is 0 Å². The number of likely N-dealkylation sites (tertiary alicyclic amines) is 1. The molecule has 1 saturated heterocycles. The summed E-state index contributed by atoms with van der Waals surface area (Å²) in [4.78, 5) is 2.26. The normalized spacial score (nSPS) is 24.2. The molecular formula is C13H23N3O3. The molecular weight excluding hydrogens is 246 g/mol. The first-order valence-corrected chi connectivity index (χ1v) is 6.64. The monoisotopic (exact) mass is 269 g/mol. The van der Waals surface area contributed by atoms with Gasteiger partial charge in [0, 0.05) is 45.1 Å². The molecule has 0 amide bonds. The lowest BCUT2D eigenvalue weighted by Gasteiger charge is -2.21. The maximum atomic E-state index is 9.41. The summed E-state index contributed by atoms with van der Waals surface area (Å²) >= 11 is 0. The topological polar surface area (TPSA) is 59.8 Å². The van der Waals surface area contributed by atoms with Gasteiger partial charge in [0.05, 0.1) is 32.1 Å². The minimum Gasteiger partial charge on any atom is -0.395 e. The van der Waals surface area contributed by atoms with Crippen LogP contribution in [0.5, 0.6) is 0 Å². The Morgan fingerprint density at radius 2 is 2.32 bits per heavy atom. The average molecular weight is 269 g/mol. The maximum Gasteiger partial charge on any atom is 0.0714 e.